The van der Waals surface area contributed by atoms with Crippen LogP contribution in [0, 0.1) is 0 Å². The zero-order valence-electron chi connectivity index (χ0n) is 11.6. The lowest BCUT2D eigenvalue weighted by atomic mass is 10.2. The molecule has 8 heteroatoms. The predicted molar refractivity (Wildman–Crippen MR) is 84.2 cm³/mol. The zero-order valence-corrected chi connectivity index (χ0v) is 13.1. The van der Waals surface area contributed by atoms with Crippen LogP contribution in [0.25, 0.3) is 15.5 Å². The molecule has 22 heavy (non-hydrogen) atoms. The van der Waals surface area contributed by atoms with Gasteiger partial charge in [0.25, 0.3) is 5.91 Å². The largest absolute Gasteiger partial charge is 0.336 e. The third kappa shape index (κ3) is 2.17. The Morgan fingerprint density at radius 1 is 1.18 bits per heavy atom. The summed E-state index contributed by atoms with van der Waals surface area (Å²) in [5.74, 6) is 0.160. The fourth-order valence-electron chi connectivity index (χ4n) is 2.56. The predicted octanol–water partition coefficient (Wildman–Crippen LogP) is 2.74. The van der Waals surface area contributed by atoms with Crippen LogP contribution in [-0.2, 0) is 0 Å². The van der Waals surface area contributed by atoms with Crippen LogP contribution >= 0.6 is 22.9 Å². The number of aromatic nitrogens is 4. The highest BCUT2D eigenvalue weighted by atomic mass is 35.5. The van der Waals surface area contributed by atoms with E-state index in [9.17, 15) is 4.79 Å². The molecule has 3 aromatic rings. The van der Waals surface area contributed by atoms with E-state index in [2.05, 4.69) is 15.3 Å². The van der Waals surface area contributed by atoms with Crippen molar-refractivity contribution >= 4 is 33.8 Å². The van der Waals surface area contributed by atoms with Gasteiger partial charge in [0.2, 0.25) is 10.8 Å². The van der Waals surface area contributed by atoms with Crippen LogP contribution in [0.1, 0.15) is 23.5 Å². The van der Waals surface area contributed by atoms with Crippen molar-refractivity contribution in [1.29, 1.82) is 0 Å². The minimum atomic E-state index is -0.110. The van der Waals surface area contributed by atoms with E-state index in [4.69, 9.17) is 11.6 Å². The normalized spacial score (nSPS) is 14.9. The van der Waals surface area contributed by atoms with Crippen molar-refractivity contribution in [1.82, 2.24) is 24.7 Å². The summed E-state index contributed by atoms with van der Waals surface area (Å²) in [4.78, 5) is 14.9. The molecule has 112 valence electrons. The number of nitrogens with zero attached hydrogens (tertiary/aromatic N) is 5. The monoisotopic (exact) mass is 333 g/mol. The van der Waals surface area contributed by atoms with Crippen LogP contribution in [0.5, 0.6) is 0 Å². The summed E-state index contributed by atoms with van der Waals surface area (Å²) < 4.78 is 1.52. The molecule has 1 fully saturated rings. The third-order valence-corrected chi connectivity index (χ3v) is 4.94. The van der Waals surface area contributed by atoms with Crippen molar-refractivity contribution in [2.24, 2.45) is 0 Å². The highest BCUT2D eigenvalue weighted by Gasteiger charge is 2.26. The molecule has 0 atom stereocenters. The molecule has 0 radical (unpaired) electrons. The fraction of sp³-hybridized carbons (Fsp3) is 0.286. The minimum Gasteiger partial charge on any atom is -0.336 e. The first-order valence-corrected chi connectivity index (χ1v) is 8.20. The molecule has 1 saturated heterocycles. The summed E-state index contributed by atoms with van der Waals surface area (Å²) >= 11 is 7.57. The highest BCUT2D eigenvalue weighted by molar-refractivity contribution is 7.19. The van der Waals surface area contributed by atoms with Crippen molar-refractivity contribution < 1.29 is 4.79 Å². The maximum absolute atomic E-state index is 12.5. The van der Waals surface area contributed by atoms with Crippen LogP contribution < -0.4 is 0 Å². The van der Waals surface area contributed by atoms with Crippen molar-refractivity contribution in [3.05, 3.63) is 35.1 Å². The number of likely N-dealkylation sites (tertiary alicyclic amines) is 1. The smallest absolute Gasteiger partial charge is 0.293 e. The molecule has 1 aliphatic rings. The molecule has 4 rings (SSSR count). The molecule has 0 spiro atoms. The molecular formula is C14H12ClN5OS. The molecule has 0 aliphatic carbocycles. The first-order valence-electron chi connectivity index (χ1n) is 7.00. The lowest BCUT2D eigenvalue weighted by Crippen LogP contribution is -2.29. The van der Waals surface area contributed by atoms with Gasteiger partial charge in [-0.2, -0.15) is 9.61 Å². The summed E-state index contributed by atoms with van der Waals surface area (Å²) in [7, 11) is 0. The van der Waals surface area contributed by atoms with E-state index in [0.29, 0.717) is 9.98 Å². The van der Waals surface area contributed by atoms with E-state index in [1.807, 2.05) is 24.3 Å². The average Bonchev–Trinajstić information content (AvgIpc) is 3.23. The van der Waals surface area contributed by atoms with Crippen LogP contribution in [-0.4, -0.2) is 43.7 Å². The van der Waals surface area contributed by atoms with Crippen molar-refractivity contribution in [2.45, 2.75) is 12.8 Å². The summed E-state index contributed by atoms with van der Waals surface area (Å²) in [6, 6.07) is 7.49. The lowest BCUT2D eigenvalue weighted by molar-refractivity contribution is 0.0778. The van der Waals surface area contributed by atoms with Crippen LogP contribution in [0.2, 0.25) is 5.02 Å². The van der Waals surface area contributed by atoms with Gasteiger partial charge < -0.3 is 4.90 Å². The first kappa shape index (κ1) is 13.7. The second-order valence-corrected chi connectivity index (χ2v) is 6.47. The Morgan fingerprint density at radius 2 is 1.95 bits per heavy atom. The third-order valence-electron chi connectivity index (χ3n) is 3.68. The van der Waals surface area contributed by atoms with Gasteiger partial charge in [-0.15, -0.1) is 10.2 Å². The van der Waals surface area contributed by atoms with Gasteiger partial charge in [-0.1, -0.05) is 41.1 Å². The molecule has 2 aromatic heterocycles. The Labute approximate surface area is 135 Å². The molecule has 0 unspecified atom stereocenters. The SMILES string of the molecule is O=C(c1nnc2sc(-c3ccccc3Cl)nn12)N1CCCC1. The number of hydrogen-bond acceptors (Lipinski definition) is 5. The second kappa shape index (κ2) is 5.33. The standard InChI is InChI=1S/C14H12ClN5OS/c15-10-6-2-1-5-9(10)12-18-20-11(16-17-14(20)22-12)13(21)19-7-3-4-8-19/h1-2,5-6H,3-4,7-8H2. The Bertz CT molecular complexity index is 852. The van der Waals surface area contributed by atoms with Gasteiger partial charge in [0.1, 0.15) is 5.01 Å². The van der Waals surface area contributed by atoms with Crippen molar-refractivity contribution in [3.63, 3.8) is 0 Å². The van der Waals surface area contributed by atoms with Crippen LogP contribution in [0.3, 0.4) is 0 Å². The van der Waals surface area contributed by atoms with E-state index in [1.54, 1.807) is 4.90 Å². The Hall–Kier alpha value is -1.99. The van der Waals surface area contributed by atoms with Crippen LogP contribution in [0.4, 0.5) is 0 Å². The molecular weight excluding hydrogens is 322 g/mol. The van der Waals surface area contributed by atoms with Gasteiger partial charge >= 0.3 is 0 Å². The van der Waals surface area contributed by atoms with Gasteiger partial charge in [0, 0.05) is 18.7 Å². The second-order valence-electron chi connectivity index (χ2n) is 5.10. The number of amides is 1. The molecule has 1 aromatic carbocycles. The van der Waals surface area contributed by atoms with E-state index in [-0.39, 0.29) is 11.7 Å². The van der Waals surface area contributed by atoms with Gasteiger partial charge in [-0.3, -0.25) is 4.79 Å². The summed E-state index contributed by atoms with van der Waals surface area (Å²) in [5, 5.41) is 13.9. The molecule has 3 heterocycles. The van der Waals surface area contributed by atoms with Crippen molar-refractivity contribution in [2.75, 3.05) is 13.1 Å². The number of carbonyl (C=O) groups excluding carboxylic acids is 1. The summed E-state index contributed by atoms with van der Waals surface area (Å²) in [5.41, 5.74) is 0.833. The quantitative estimate of drug-likeness (QED) is 0.723. The maximum Gasteiger partial charge on any atom is 0.293 e. The molecule has 0 saturated carbocycles. The van der Waals surface area contributed by atoms with E-state index in [0.717, 1.165) is 36.5 Å². The van der Waals surface area contributed by atoms with Gasteiger partial charge in [0.05, 0.1) is 5.02 Å². The molecule has 0 N–H and O–H groups in total. The number of rotatable bonds is 2. The van der Waals surface area contributed by atoms with Crippen LogP contribution in [0.15, 0.2) is 24.3 Å². The van der Waals surface area contributed by atoms with E-state index in [1.165, 1.54) is 15.9 Å². The number of halogens is 1. The fourth-order valence-corrected chi connectivity index (χ4v) is 3.72. The number of hydrogen-bond donors (Lipinski definition) is 0. The number of carbonyl (C=O) groups is 1. The van der Waals surface area contributed by atoms with Crippen molar-refractivity contribution in [3.8, 4) is 10.6 Å². The van der Waals surface area contributed by atoms with Gasteiger partial charge in [-0.25, -0.2) is 0 Å². The lowest BCUT2D eigenvalue weighted by Gasteiger charge is -2.12. The maximum atomic E-state index is 12.5. The molecule has 1 amide bonds. The summed E-state index contributed by atoms with van der Waals surface area (Å²) in [6.07, 6.45) is 2.07. The molecule has 0 bridgehead atoms. The molecule has 6 nitrogen and oxygen atoms in total. The minimum absolute atomic E-state index is 0.110. The topological polar surface area (TPSA) is 63.4 Å². The molecule has 1 aliphatic heterocycles. The highest BCUT2D eigenvalue weighted by Crippen LogP contribution is 2.31. The zero-order chi connectivity index (χ0) is 15.1. The van der Waals surface area contributed by atoms with E-state index >= 15 is 0 Å². The Kier molecular flexibility index (Phi) is 3.31. The Balaban J connectivity index is 1.76. The summed E-state index contributed by atoms with van der Waals surface area (Å²) in [6.45, 7) is 1.55. The number of benzene rings is 1. The Morgan fingerprint density at radius 3 is 2.73 bits per heavy atom. The number of fused-ring (bicyclic) bond motifs is 1. The first-order chi connectivity index (χ1) is 10.7. The average molecular weight is 334 g/mol. The van der Waals surface area contributed by atoms with Gasteiger partial charge in [0.15, 0.2) is 0 Å². The van der Waals surface area contributed by atoms with Gasteiger partial charge in [-0.05, 0) is 18.9 Å². The van der Waals surface area contributed by atoms with E-state index < -0.39 is 0 Å².